The zero-order valence-electron chi connectivity index (χ0n) is 4.94. The Kier molecular flexibility index (Phi) is 2.05. The van der Waals surface area contributed by atoms with E-state index in [0.717, 1.165) is 12.8 Å². The minimum absolute atomic E-state index is 0. The van der Waals surface area contributed by atoms with Gasteiger partial charge in [-0.1, -0.05) is 21.3 Å². The van der Waals surface area contributed by atoms with Gasteiger partial charge in [0.1, 0.15) is 0 Å². The SMILES string of the molecule is C.CC(C)C1(O)CC1. The summed E-state index contributed by atoms with van der Waals surface area (Å²) in [7, 11) is 0. The summed E-state index contributed by atoms with van der Waals surface area (Å²) in [6.45, 7) is 4.12. The molecule has 1 heteroatoms. The van der Waals surface area contributed by atoms with Gasteiger partial charge in [-0.15, -0.1) is 0 Å². The van der Waals surface area contributed by atoms with Crippen LogP contribution in [0, 0.1) is 5.92 Å². The highest BCUT2D eigenvalue weighted by molar-refractivity contribution is 4.95. The lowest BCUT2D eigenvalue weighted by Crippen LogP contribution is -2.14. The molecule has 1 rings (SSSR count). The Morgan fingerprint density at radius 3 is 1.75 bits per heavy atom. The van der Waals surface area contributed by atoms with E-state index in [-0.39, 0.29) is 13.0 Å². The van der Waals surface area contributed by atoms with Gasteiger partial charge in [0.05, 0.1) is 5.60 Å². The van der Waals surface area contributed by atoms with Crippen molar-refractivity contribution in [1.82, 2.24) is 0 Å². The molecule has 50 valence electrons. The summed E-state index contributed by atoms with van der Waals surface area (Å²) in [6.07, 6.45) is 2.04. The monoisotopic (exact) mass is 116 g/mol. The number of hydrogen-bond acceptors (Lipinski definition) is 1. The van der Waals surface area contributed by atoms with Crippen molar-refractivity contribution < 1.29 is 5.11 Å². The van der Waals surface area contributed by atoms with Crippen LogP contribution in [0.5, 0.6) is 0 Å². The highest BCUT2D eigenvalue weighted by atomic mass is 16.3. The van der Waals surface area contributed by atoms with Crippen molar-refractivity contribution in [3.05, 3.63) is 0 Å². The third-order valence-corrected chi connectivity index (χ3v) is 1.84. The second kappa shape index (κ2) is 2.06. The van der Waals surface area contributed by atoms with E-state index in [1.54, 1.807) is 0 Å². The molecule has 0 atom stereocenters. The van der Waals surface area contributed by atoms with Crippen molar-refractivity contribution in [3.63, 3.8) is 0 Å². The van der Waals surface area contributed by atoms with Crippen molar-refractivity contribution in [2.45, 2.75) is 39.7 Å². The molecule has 1 aliphatic rings. The van der Waals surface area contributed by atoms with E-state index < -0.39 is 0 Å². The van der Waals surface area contributed by atoms with Crippen LogP contribution in [0.1, 0.15) is 34.1 Å². The van der Waals surface area contributed by atoms with Gasteiger partial charge < -0.3 is 5.11 Å². The second-order valence-corrected chi connectivity index (χ2v) is 2.76. The zero-order valence-corrected chi connectivity index (χ0v) is 4.94. The average molecular weight is 116 g/mol. The Bertz CT molecular complexity index is 72.5. The van der Waals surface area contributed by atoms with Crippen molar-refractivity contribution >= 4 is 0 Å². The minimum atomic E-state index is -0.250. The Morgan fingerprint density at radius 2 is 1.75 bits per heavy atom. The molecule has 0 aliphatic heterocycles. The molecule has 0 bridgehead atoms. The summed E-state index contributed by atoms with van der Waals surface area (Å²) in [5.74, 6) is 0.465. The van der Waals surface area contributed by atoms with Gasteiger partial charge in [-0.25, -0.2) is 0 Å². The molecule has 1 aliphatic carbocycles. The summed E-state index contributed by atoms with van der Waals surface area (Å²) >= 11 is 0. The Labute approximate surface area is 51.7 Å². The van der Waals surface area contributed by atoms with Gasteiger partial charge in [0, 0.05) is 0 Å². The predicted molar refractivity (Wildman–Crippen MR) is 35.8 cm³/mol. The Morgan fingerprint density at radius 1 is 1.38 bits per heavy atom. The summed E-state index contributed by atoms with van der Waals surface area (Å²) in [5.41, 5.74) is -0.250. The summed E-state index contributed by atoms with van der Waals surface area (Å²) < 4.78 is 0. The molecule has 1 N–H and O–H groups in total. The third kappa shape index (κ3) is 1.22. The first-order valence-electron chi connectivity index (χ1n) is 2.87. The summed E-state index contributed by atoms with van der Waals surface area (Å²) in [6, 6.07) is 0. The van der Waals surface area contributed by atoms with Crippen molar-refractivity contribution in [1.29, 1.82) is 0 Å². The molecule has 0 heterocycles. The van der Waals surface area contributed by atoms with E-state index in [4.69, 9.17) is 0 Å². The molecule has 1 nitrogen and oxygen atoms in total. The smallest absolute Gasteiger partial charge is 0.0672 e. The van der Waals surface area contributed by atoms with Crippen molar-refractivity contribution in [2.24, 2.45) is 5.92 Å². The zero-order chi connectivity index (χ0) is 5.49. The molecule has 1 fully saturated rings. The van der Waals surface area contributed by atoms with Crippen LogP contribution in [0.15, 0.2) is 0 Å². The Hall–Kier alpha value is -0.0400. The standard InChI is InChI=1S/C6H12O.CH4/c1-5(2)6(7)3-4-6;/h5,7H,3-4H2,1-2H3;1H4. The predicted octanol–water partition coefficient (Wildman–Crippen LogP) is 1.80. The van der Waals surface area contributed by atoms with Gasteiger partial charge in [-0.3, -0.25) is 0 Å². The van der Waals surface area contributed by atoms with E-state index in [1.807, 2.05) is 0 Å². The van der Waals surface area contributed by atoms with Gasteiger partial charge in [0.25, 0.3) is 0 Å². The maximum Gasteiger partial charge on any atom is 0.0672 e. The number of rotatable bonds is 1. The topological polar surface area (TPSA) is 20.2 Å². The second-order valence-electron chi connectivity index (χ2n) is 2.76. The van der Waals surface area contributed by atoms with Crippen LogP contribution in [0.4, 0.5) is 0 Å². The van der Waals surface area contributed by atoms with Crippen LogP contribution >= 0.6 is 0 Å². The molecule has 0 aromatic carbocycles. The summed E-state index contributed by atoms with van der Waals surface area (Å²) in [5, 5.41) is 9.21. The third-order valence-electron chi connectivity index (χ3n) is 1.84. The first-order chi connectivity index (χ1) is 3.15. The first kappa shape index (κ1) is 7.96. The minimum Gasteiger partial charge on any atom is -0.390 e. The molecule has 0 aromatic rings. The first-order valence-corrected chi connectivity index (χ1v) is 2.87. The Balaban J connectivity index is 0.000000490. The molecule has 0 unspecified atom stereocenters. The van der Waals surface area contributed by atoms with E-state index in [9.17, 15) is 5.11 Å². The van der Waals surface area contributed by atoms with Gasteiger partial charge in [0.2, 0.25) is 0 Å². The molecule has 0 spiro atoms. The fourth-order valence-electron chi connectivity index (χ4n) is 0.705. The largest absolute Gasteiger partial charge is 0.390 e. The van der Waals surface area contributed by atoms with Gasteiger partial charge >= 0.3 is 0 Å². The molecule has 0 amide bonds. The molecule has 0 aromatic heterocycles. The lowest BCUT2D eigenvalue weighted by atomic mass is 10.1. The molecule has 0 saturated heterocycles. The number of hydrogen-bond donors (Lipinski definition) is 1. The van der Waals surface area contributed by atoms with Gasteiger partial charge in [-0.2, -0.15) is 0 Å². The van der Waals surface area contributed by atoms with Crippen LogP contribution in [0.3, 0.4) is 0 Å². The van der Waals surface area contributed by atoms with E-state index in [0.29, 0.717) is 5.92 Å². The molecular weight excluding hydrogens is 100 g/mol. The fraction of sp³-hybridized carbons (Fsp3) is 1.00. The quantitative estimate of drug-likeness (QED) is 0.554. The van der Waals surface area contributed by atoms with E-state index in [2.05, 4.69) is 13.8 Å². The van der Waals surface area contributed by atoms with Crippen molar-refractivity contribution in [2.75, 3.05) is 0 Å². The van der Waals surface area contributed by atoms with Crippen LogP contribution in [0.2, 0.25) is 0 Å². The highest BCUT2D eigenvalue weighted by Crippen LogP contribution is 2.41. The summed E-state index contributed by atoms with van der Waals surface area (Å²) in [4.78, 5) is 0. The fourth-order valence-corrected chi connectivity index (χ4v) is 0.705. The van der Waals surface area contributed by atoms with E-state index >= 15 is 0 Å². The van der Waals surface area contributed by atoms with Crippen LogP contribution in [-0.4, -0.2) is 10.7 Å². The van der Waals surface area contributed by atoms with Crippen LogP contribution < -0.4 is 0 Å². The molecule has 8 heavy (non-hydrogen) atoms. The van der Waals surface area contributed by atoms with Crippen LogP contribution in [-0.2, 0) is 0 Å². The van der Waals surface area contributed by atoms with Gasteiger partial charge in [0.15, 0.2) is 0 Å². The van der Waals surface area contributed by atoms with Gasteiger partial charge in [-0.05, 0) is 18.8 Å². The normalized spacial score (nSPS) is 22.5. The van der Waals surface area contributed by atoms with E-state index in [1.165, 1.54) is 0 Å². The molecule has 1 saturated carbocycles. The lowest BCUT2D eigenvalue weighted by molar-refractivity contribution is 0.0996. The number of aliphatic hydroxyl groups is 1. The van der Waals surface area contributed by atoms with Crippen molar-refractivity contribution in [3.8, 4) is 0 Å². The highest BCUT2D eigenvalue weighted by Gasteiger charge is 2.42. The average Bonchev–Trinajstić information content (AvgIpc) is 2.21. The molecular formula is C7H16O. The molecule has 0 radical (unpaired) electrons. The maximum absolute atomic E-state index is 9.21. The van der Waals surface area contributed by atoms with Crippen LogP contribution in [0.25, 0.3) is 0 Å². The lowest BCUT2D eigenvalue weighted by Gasteiger charge is -2.09. The maximum atomic E-state index is 9.21.